The summed E-state index contributed by atoms with van der Waals surface area (Å²) in [4.78, 5) is 8.46. The maximum absolute atomic E-state index is 4.26. The van der Waals surface area contributed by atoms with Gasteiger partial charge in [-0.15, -0.1) is 22.7 Å². The van der Waals surface area contributed by atoms with Crippen LogP contribution >= 0.6 is 22.7 Å². The van der Waals surface area contributed by atoms with Gasteiger partial charge < -0.3 is 5.32 Å². The topological polar surface area (TPSA) is 37.8 Å². The van der Waals surface area contributed by atoms with Gasteiger partial charge in [0.15, 0.2) is 0 Å². The summed E-state index contributed by atoms with van der Waals surface area (Å²) in [6.45, 7) is 2.93. The fraction of sp³-hybridized carbons (Fsp3) is 0.333. The Morgan fingerprint density at radius 3 is 3.07 bits per heavy atom. The van der Waals surface area contributed by atoms with E-state index in [2.05, 4.69) is 27.6 Å². The number of hydrogen-bond donors (Lipinski definition) is 1. The minimum atomic E-state index is 0.296. The molecule has 14 heavy (non-hydrogen) atoms. The summed E-state index contributed by atoms with van der Waals surface area (Å²) in [7, 11) is 0. The predicted molar refractivity (Wildman–Crippen MR) is 59.5 cm³/mol. The van der Waals surface area contributed by atoms with Gasteiger partial charge in [0.1, 0.15) is 5.01 Å². The second kappa shape index (κ2) is 4.63. The van der Waals surface area contributed by atoms with Crippen LogP contribution in [0.2, 0.25) is 0 Å². The highest BCUT2D eigenvalue weighted by atomic mass is 32.1. The fourth-order valence-corrected chi connectivity index (χ4v) is 2.34. The van der Waals surface area contributed by atoms with Crippen LogP contribution in [0.5, 0.6) is 0 Å². The van der Waals surface area contributed by atoms with E-state index in [9.17, 15) is 0 Å². The van der Waals surface area contributed by atoms with Gasteiger partial charge in [-0.05, 0) is 6.92 Å². The van der Waals surface area contributed by atoms with Gasteiger partial charge >= 0.3 is 0 Å². The smallest absolute Gasteiger partial charge is 0.106 e. The van der Waals surface area contributed by atoms with E-state index in [1.54, 1.807) is 22.7 Å². The van der Waals surface area contributed by atoms with Crippen molar-refractivity contribution >= 4 is 22.7 Å². The summed E-state index contributed by atoms with van der Waals surface area (Å²) >= 11 is 3.30. The third-order valence-corrected chi connectivity index (χ3v) is 3.32. The maximum atomic E-state index is 4.26. The quantitative estimate of drug-likeness (QED) is 0.868. The lowest BCUT2D eigenvalue weighted by atomic mass is 10.2. The van der Waals surface area contributed by atoms with Crippen LogP contribution in [-0.4, -0.2) is 9.97 Å². The Hall–Kier alpha value is -0.780. The number of hydrogen-bond acceptors (Lipinski definition) is 5. The van der Waals surface area contributed by atoms with Crippen LogP contribution in [0.4, 0.5) is 0 Å². The zero-order chi connectivity index (χ0) is 9.80. The van der Waals surface area contributed by atoms with Crippen LogP contribution in [0.25, 0.3) is 0 Å². The monoisotopic (exact) mass is 225 g/mol. The van der Waals surface area contributed by atoms with Crippen molar-refractivity contribution in [1.82, 2.24) is 15.3 Å². The lowest BCUT2D eigenvalue weighted by Crippen LogP contribution is -2.18. The molecule has 0 aliphatic heterocycles. The summed E-state index contributed by atoms with van der Waals surface area (Å²) in [6.07, 6.45) is 1.83. The van der Waals surface area contributed by atoms with Crippen LogP contribution in [0.1, 0.15) is 23.7 Å². The molecule has 2 rings (SSSR count). The first-order valence-corrected chi connectivity index (χ1v) is 6.18. The number of nitrogens with zero attached hydrogens (tertiary/aromatic N) is 2. The Morgan fingerprint density at radius 1 is 1.50 bits per heavy atom. The molecule has 0 fully saturated rings. The van der Waals surface area contributed by atoms with Gasteiger partial charge in [0.25, 0.3) is 0 Å². The molecule has 2 aromatic rings. The molecule has 2 aromatic heterocycles. The lowest BCUT2D eigenvalue weighted by Gasteiger charge is -2.09. The van der Waals surface area contributed by atoms with Crippen molar-refractivity contribution in [3.05, 3.63) is 33.2 Å². The van der Waals surface area contributed by atoms with E-state index in [-0.39, 0.29) is 0 Å². The summed E-state index contributed by atoms with van der Waals surface area (Å²) in [6, 6.07) is 0.296. The number of aromatic nitrogens is 2. The third-order valence-electron chi connectivity index (χ3n) is 1.94. The molecule has 0 aliphatic carbocycles. The summed E-state index contributed by atoms with van der Waals surface area (Å²) in [5.74, 6) is 0. The van der Waals surface area contributed by atoms with Gasteiger partial charge in [0.2, 0.25) is 0 Å². The Balaban J connectivity index is 1.87. The molecule has 0 amide bonds. The van der Waals surface area contributed by atoms with Gasteiger partial charge in [0.05, 0.1) is 11.2 Å². The summed E-state index contributed by atoms with van der Waals surface area (Å²) in [5, 5.41) is 8.56. The van der Waals surface area contributed by atoms with Crippen LogP contribution in [0.15, 0.2) is 22.5 Å². The molecule has 0 saturated carbocycles. The highest BCUT2D eigenvalue weighted by Gasteiger charge is 2.06. The number of thiazole rings is 2. The molecule has 74 valence electrons. The van der Waals surface area contributed by atoms with Crippen LogP contribution in [0.3, 0.4) is 0 Å². The average molecular weight is 225 g/mol. The minimum Gasteiger partial charge on any atom is -0.302 e. The fourth-order valence-electron chi connectivity index (χ4n) is 1.12. The van der Waals surface area contributed by atoms with E-state index >= 15 is 0 Å². The zero-order valence-corrected chi connectivity index (χ0v) is 9.44. The van der Waals surface area contributed by atoms with E-state index in [4.69, 9.17) is 0 Å². The highest BCUT2D eigenvalue weighted by Crippen LogP contribution is 2.13. The van der Waals surface area contributed by atoms with Crippen molar-refractivity contribution in [3.8, 4) is 0 Å². The Labute approximate surface area is 90.9 Å². The van der Waals surface area contributed by atoms with E-state index in [1.807, 2.05) is 17.1 Å². The Bertz CT molecular complexity index is 355. The van der Waals surface area contributed by atoms with Gasteiger partial charge in [-0.25, -0.2) is 9.97 Å². The van der Waals surface area contributed by atoms with E-state index < -0.39 is 0 Å². The molecule has 0 aliphatic rings. The molecule has 1 unspecified atom stereocenters. The molecule has 0 spiro atoms. The largest absolute Gasteiger partial charge is 0.302 e. The minimum absolute atomic E-state index is 0.296. The first kappa shape index (κ1) is 9.76. The summed E-state index contributed by atoms with van der Waals surface area (Å²) in [5.41, 5.74) is 2.96. The van der Waals surface area contributed by atoms with Crippen LogP contribution in [-0.2, 0) is 6.54 Å². The molecular weight excluding hydrogens is 214 g/mol. The lowest BCUT2D eigenvalue weighted by molar-refractivity contribution is 0.563. The standard InChI is InChI=1S/C9H11N3S2/c1-7(8-5-13-6-12-8)11-4-9-10-2-3-14-9/h2-3,5-7,11H,4H2,1H3. The highest BCUT2D eigenvalue weighted by molar-refractivity contribution is 7.09. The maximum Gasteiger partial charge on any atom is 0.106 e. The molecule has 0 bridgehead atoms. The normalized spacial score (nSPS) is 12.9. The van der Waals surface area contributed by atoms with E-state index in [0.29, 0.717) is 6.04 Å². The van der Waals surface area contributed by atoms with E-state index in [0.717, 1.165) is 17.2 Å². The van der Waals surface area contributed by atoms with Gasteiger partial charge in [-0.3, -0.25) is 0 Å². The molecule has 5 heteroatoms. The predicted octanol–water partition coefficient (Wildman–Crippen LogP) is 2.45. The number of rotatable bonds is 4. The van der Waals surface area contributed by atoms with E-state index in [1.165, 1.54) is 0 Å². The van der Waals surface area contributed by atoms with Crippen molar-refractivity contribution < 1.29 is 0 Å². The van der Waals surface area contributed by atoms with Crippen LogP contribution < -0.4 is 5.32 Å². The first-order chi connectivity index (χ1) is 6.86. The molecule has 1 N–H and O–H groups in total. The van der Waals surface area contributed by atoms with Crippen LogP contribution in [0, 0.1) is 0 Å². The molecule has 1 atom stereocenters. The second-order valence-corrected chi connectivity index (χ2v) is 4.64. The van der Waals surface area contributed by atoms with Crippen molar-refractivity contribution in [2.24, 2.45) is 0 Å². The first-order valence-electron chi connectivity index (χ1n) is 4.36. The Kier molecular flexibility index (Phi) is 3.23. The van der Waals surface area contributed by atoms with Crippen molar-refractivity contribution in [1.29, 1.82) is 0 Å². The SMILES string of the molecule is CC(NCc1nccs1)c1cscn1. The molecular formula is C9H11N3S2. The number of nitrogens with one attached hydrogen (secondary N) is 1. The molecule has 2 heterocycles. The zero-order valence-electron chi connectivity index (χ0n) is 7.80. The van der Waals surface area contributed by atoms with Crippen molar-refractivity contribution in [2.45, 2.75) is 19.5 Å². The average Bonchev–Trinajstić information content (AvgIpc) is 2.87. The third kappa shape index (κ3) is 2.37. The Morgan fingerprint density at radius 2 is 2.43 bits per heavy atom. The van der Waals surface area contributed by atoms with Gasteiger partial charge in [-0.1, -0.05) is 0 Å². The molecule has 0 saturated heterocycles. The molecule has 0 radical (unpaired) electrons. The van der Waals surface area contributed by atoms with Gasteiger partial charge in [-0.2, -0.15) is 0 Å². The molecule has 3 nitrogen and oxygen atoms in total. The van der Waals surface area contributed by atoms with Gasteiger partial charge in [0, 0.05) is 29.5 Å². The molecule has 0 aromatic carbocycles. The van der Waals surface area contributed by atoms with Crippen molar-refractivity contribution in [3.63, 3.8) is 0 Å². The summed E-state index contributed by atoms with van der Waals surface area (Å²) < 4.78 is 0. The second-order valence-electron chi connectivity index (χ2n) is 2.94. The van der Waals surface area contributed by atoms with Crippen molar-refractivity contribution in [2.75, 3.05) is 0 Å².